The van der Waals surface area contributed by atoms with Crippen molar-refractivity contribution >= 4 is 17.5 Å². The first-order chi connectivity index (χ1) is 12.6. The van der Waals surface area contributed by atoms with Gasteiger partial charge in [0.25, 0.3) is 5.91 Å². The van der Waals surface area contributed by atoms with Gasteiger partial charge in [-0.25, -0.2) is 4.90 Å². The number of rotatable bonds is 5. The van der Waals surface area contributed by atoms with E-state index in [1.165, 1.54) is 12.3 Å². The van der Waals surface area contributed by atoms with Crippen LogP contribution >= 0.6 is 0 Å². The van der Waals surface area contributed by atoms with Crippen molar-refractivity contribution in [3.8, 4) is 0 Å². The van der Waals surface area contributed by atoms with E-state index in [4.69, 9.17) is 10.2 Å². The summed E-state index contributed by atoms with van der Waals surface area (Å²) >= 11 is 0. The molecule has 0 aliphatic rings. The zero-order valence-electron chi connectivity index (χ0n) is 14.5. The fourth-order valence-corrected chi connectivity index (χ4v) is 2.67. The molecule has 1 aromatic heterocycles. The molecule has 0 spiro atoms. The largest absolute Gasteiger partial charge is 0.459 e. The quantitative estimate of drug-likeness (QED) is 0.767. The maximum atomic E-state index is 13.0. The molecular weight excluding hydrogens is 328 g/mol. The number of benzene rings is 2. The van der Waals surface area contributed by atoms with Gasteiger partial charge in [0.15, 0.2) is 5.76 Å². The Balaban J connectivity index is 1.90. The van der Waals surface area contributed by atoms with Gasteiger partial charge in [0, 0.05) is 0 Å². The number of carbonyl (C=O) groups is 2. The summed E-state index contributed by atoms with van der Waals surface area (Å²) < 4.78 is 5.19. The predicted octanol–water partition coefficient (Wildman–Crippen LogP) is 3.33. The standard InChI is InChI=1S/C21H20N2O3/c1-15-9-11-17(12-10-15)23(21(25)19-8-5-13-26-19)20(24)18(22)14-16-6-3-2-4-7-16/h2-13,18H,14,22H2,1H3. The van der Waals surface area contributed by atoms with Gasteiger partial charge in [-0.05, 0) is 43.2 Å². The number of nitrogens with zero attached hydrogens (tertiary/aromatic N) is 1. The summed E-state index contributed by atoms with van der Waals surface area (Å²) in [6, 6.07) is 18.9. The average molecular weight is 348 g/mol. The molecule has 2 amide bonds. The minimum atomic E-state index is -0.849. The second-order valence-electron chi connectivity index (χ2n) is 6.09. The van der Waals surface area contributed by atoms with E-state index in [2.05, 4.69) is 0 Å². The smallest absolute Gasteiger partial charge is 0.300 e. The first kappa shape index (κ1) is 17.6. The Morgan fingerprint density at radius 2 is 1.69 bits per heavy atom. The molecule has 26 heavy (non-hydrogen) atoms. The van der Waals surface area contributed by atoms with E-state index in [0.29, 0.717) is 12.1 Å². The highest BCUT2D eigenvalue weighted by Gasteiger charge is 2.30. The Labute approximate surface area is 152 Å². The number of aryl methyl sites for hydroxylation is 1. The van der Waals surface area contributed by atoms with Crippen molar-refractivity contribution in [3.05, 3.63) is 89.9 Å². The van der Waals surface area contributed by atoms with Crippen molar-refractivity contribution in [2.75, 3.05) is 4.90 Å². The summed E-state index contributed by atoms with van der Waals surface area (Å²) in [6.45, 7) is 1.94. The van der Waals surface area contributed by atoms with E-state index in [1.54, 1.807) is 18.2 Å². The van der Waals surface area contributed by atoms with Gasteiger partial charge < -0.3 is 10.2 Å². The minimum Gasteiger partial charge on any atom is -0.459 e. The molecule has 2 N–H and O–H groups in total. The second kappa shape index (κ2) is 7.80. The zero-order valence-corrected chi connectivity index (χ0v) is 14.5. The molecule has 1 unspecified atom stereocenters. The molecule has 0 bridgehead atoms. The Morgan fingerprint density at radius 1 is 1.00 bits per heavy atom. The molecule has 2 aromatic carbocycles. The number of furan rings is 1. The molecule has 1 heterocycles. The molecule has 0 saturated heterocycles. The molecule has 5 heteroatoms. The molecule has 132 valence electrons. The third-order valence-corrected chi connectivity index (χ3v) is 4.06. The number of nitrogens with two attached hydrogens (primary N) is 1. The monoisotopic (exact) mass is 348 g/mol. The van der Waals surface area contributed by atoms with Crippen molar-refractivity contribution < 1.29 is 14.0 Å². The van der Waals surface area contributed by atoms with E-state index >= 15 is 0 Å². The fourth-order valence-electron chi connectivity index (χ4n) is 2.67. The summed E-state index contributed by atoms with van der Waals surface area (Å²) in [6.07, 6.45) is 1.74. The summed E-state index contributed by atoms with van der Waals surface area (Å²) in [4.78, 5) is 26.9. The van der Waals surface area contributed by atoms with Crippen molar-refractivity contribution in [2.45, 2.75) is 19.4 Å². The lowest BCUT2D eigenvalue weighted by atomic mass is 10.0. The van der Waals surface area contributed by atoms with Gasteiger partial charge in [-0.1, -0.05) is 48.0 Å². The molecule has 3 aromatic rings. The number of imide groups is 1. The first-order valence-electron chi connectivity index (χ1n) is 8.34. The normalized spacial score (nSPS) is 11.8. The fraction of sp³-hybridized carbons (Fsp3) is 0.143. The van der Waals surface area contributed by atoms with Gasteiger partial charge in [-0.15, -0.1) is 0 Å². The number of hydrogen-bond acceptors (Lipinski definition) is 4. The SMILES string of the molecule is Cc1ccc(N(C(=O)c2ccco2)C(=O)C(N)Cc2ccccc2)cc1. The van der Waals surface area contributed by atoms with Gasteiger partial charge in [-0.3, -0.25) is 9.59 Å². The highest BCUT2D eigenvalue weighted by atomic mass is 16.3. The number of hydrogen-bond donors (Lipinski definition) is 1. The minimum absolute atomic E-state index is 0.0887. The van der Waals surface area contributed by atoms with Crippen LogP contribution in [-0.4, -0.2) is 17.9 Å². The molecule has 0 aliphatic heterocycles. The molecule has 0 saturated carbocycles. The third kappa shape index (κ3) is 3.90. The maximum absolute atomic E-state index is 13.0. The van der Waals surface area contributed by atoms with Crippen molar-refractivity contribution in [3.63, 3.8) is 0 Å². The third-order valence-electron chi connectivity index (χ3n) is 4.06. The van der Waals surface area contributed by atoms with E-state index in [0.717, 1.165) is 16.0 Å². The van der Waals surface area contributed by atoms with E-state index in [-0.39, 0.29) is 5.76 Å². The molecule has 3 rings (SSSR count). The van der Waals surface area contributed by atoms with Crippen LogP contribution in [0.25, 0.3) is 0 Å². The molecule has 1 atom stereocenters. The van der Waals surface area contributed by atoms with Crippen LogP contribution in [0.1, 0.15) is 21.7 Å². The Kier molecular flexibility index (Phi) is 5.29. The van der Waals surface area contributed by atoms with Gasteiger partial charge in [0.1, 0.15) is 0 Å². The Morgan fingerprint density at radius 3 is 2.31 bits per heavy atom. The van der Waals surface area contributed by atoms with Gasteiger partial charge in [0.2, 0.25) is 0 Å². The summed E-state index contributed by atoms with van der Waals surface area (Å²) in [7, 11) is 0. The Hall–Kier alpha value is -3.18. The van der Waals surface area contributed by atoms with Crippen LogP contribution < -0.4 is 10.6 Å². The van der Waals surface area contributed by atoms with Gasteiger partial charge >= 0.3 is 5.91 Å². The van der Waals surface area contributed by atoms with E-state index in [1.807, 2.05) is 49.4 Å². The lowest BCUT2D eigenvalue weighted by Crippen LogP contribution is -2.48. The highest BCUT2D eigenvalue weighted by molar-refractivity contribution is 6.21. The van der Waals surface area contributed by atoms with Crippen LogP contribution in [0.4, 0.5) is 5.69 Å². The zero-order chi connectivity index (χ0) is 18.5. The van der Waals surface area contributed by atoms with Gasteiger partial charge in [-0.2, -0.15) is 0 Å². The van der Waals surface area contributed by atoms with Crippen molar-refractivity contribution in [1.29, 1.82) is 0 Å². The van der Waals surface area contributed by atoms with Crippen LogP contribution in [0.15, 0.2) is 77.4 Å². The highest BCUT2D eigenvalue weighted by Crippen LogP contribution is 2.20. The van der Waals surface area contributed by atoms with Crippen LogP contribution in [-0.2, 0) is 11.2 Å². The second-order valence-corrected chi connectivity index (χ2v) is 6.09. The van der Waals surface area contributed by atoms with Crippen LogP contribution in [0.2, 0.25) is 0 Å². The summed E-state index contributed by atoms with van der Waals surface area (Å²) in [5, 5.41) is 0. The Bertz CT molecular complexity index is 871. The first-order valence-corrected chi connectivity index (χ1v) is 8.34. The lowest BCUT2D eigenvalue weighted by Gasteiger charge is -2.23. The number of amides is 2. The molecular formula is C21H20N2O3. The topological polar surface area (TPSA) is 76.5 Å². The number of carbonyl (C=O) groups excluding carboxylic acids is 2. The van der Waals surface area contributed by atoms with Crippen LogP contribution in [0, 0.1) is 6.92 Å². The summed E-state index contributed by atoms with van der Waals surface area (Å²) in [5.41, 5.74) is 8.56. The van der Waals surface area contributed by atoms with Crippen molar-refractivity contribution in [2.24, 2.45) is 5.73 Å². The average Bonchev–Trinajstić information content (AvgIpc) is 3.19. The van der Waals surface area contributed by atoms with E-state index in [9.17, 15) is 9.59 Å². The molecule has 0 fully saturated rings. The predicted molar refractivity (Wildman–Crippen MR) is 99.8 cm³/mol. The molecule has 0 aliphatic carbocycles. The van der Waals surface area contributed by atoms with Crippen LogP contribution in [0.5, 0.6) is 0 Å². The molecule has 0 radical (unpaired) electrons. The van der Waals surface area contributed by atoms with Gasteiger partial charge in [0.05, 0.1) is 18.0 Å². The summed E-state index contributed by atoms with van der Waals surface area (Å²) in [5.74, 6) is -0.919. The van der Waals surface area contributed by atoms with Crippen LogP contribution in [0.3, 0.4) is 0 Å². The van der Waals surface area contributed by atoms with E-state index < -0.39 is 17.9 Å². The molecule has 5 nitrogen and oxygen atoms in total. The number of anilines is 1. The lowest BCUT2D eigenvalue weighted by molar-refractivity contribution is -0.119. The maximum Gasteiger partial charge on any atom is 0.300 e. The van der Waals surface area contributed by atoms with Crippen molar-refractivity contribution in [1.82, 2.24) is 0 Å².